The van der Waals surface area contributed by atoms with E-state index in [0.717, 1.165) is 5.56 Å². The van der Waals surface area contributed by atoms with Crippen molar-refractivity contribution in [3.63, 3.8) is 0 Å². The van der Waals surface area contributed by atoms with Crippen molar-refractivity contribution in [2.75, 3.05) is 36.4 Å². The Balaban J connectivity index is 1.30. The van der Waals surface area contributed by atoms with E-state index in [4.69, 9.17) is 9.26 Å². The van der Waals surface area contributed by atoms with Gasteiger partial charge in [0, 0.05) is 38.4 Å². The van der Waals surface area contributed by atoms with E-state index >= 15 is 0 Å². The molecule has 0 unspecified atom stereocenters. The first-order valence-electron chi connectivity index (χ1n) is 10.8. The highest BCUT2D eigenvalue weighted by molar-refractivity contribution is 6.03. The molecule has 0 aliphatic carbocycles. The summed E-state index contributed by atoms with van der Waals surface area (Å²) in [4.78, 5) is 28.4. The van der Waals surface area contributed by atoms with E-state index in [2.05, 4.69) is 15.6 Å². The van der Waals surface area contributed by atoms with Crippen LogP contribution in [0.3, 0.4) is 0 Å². The van der Waals surface area contributed by atoms with Crippen molar-refractivity contribution in [1.29, 1.82) is 0 Å². The predicted octanol–water partition coefficient (Wildman–Crippen LogP) is 3.23. The maximum atomic E-state index is 12.6. The summed E-state index contributed by atoms with van der Waals surface area (Å²) in [6.45, 7) is 8.25. The highest BCUT2D eigenvalue weighted by atomic mass is 16.6. The number of hydrogen-bond donors (Lipinski definition) is 1. The molecular formula is C23H28N6O4. The molecule has 1 fully saturated rings. The maximum absolute atomic E-state index is 12.6. The zero-order valence-corrected chi connectivity index (χ0v) is 19.0. The van der Waals surface area contributed by atoms with Crippen LogP contribution in [0.1, 0.15) is 36.8 Å². The second-order valence-electron chi connectivity index (χ2n) is 8.87. The molecule has 2 aromatic heterocycles. The molecular weight excluding hydrogens is 424 g/mol. The predicted molar refractivity (Wildman–Crippen MR) is 122 cm³/mol. The summed E-state index contributed by atoms with van der Waals surface area (Å²) in [5.41, 5.74) is 1.34. The monoisotopic (exact) mass is 452 g/mol. The molecule has 3 aromatic rings. The topological polar surface area (TPSA) is 106 Å². The van der Waals surface area contributed by atoms with Crippen LogP contribution in [-0.4, -0.2) is 63.6 Å². The molecule has 1 saturated heterocycles. The number of piperazine rings is 1. The first kappa shape index (κ1) is 22.4. The summed E-state index contributed by atoms with van der Waals surface area (Å²) < 4.78 is 12.6. The van der Waals surface area contributed by atoms with Gasteiger partial charge in [-0.15, -0.1) is 0 Å². The number of anilines is 2. The van der Waals surface area contributed by atoms with Crippen molar-refractivity contribution >= 4 is 23.6 Å². The van der Waals surface area contributed by atoms with Gasteiger partial charge in [0.05, 0.1) is 18.4 Å². The molecule has 10 nitrogen and oxygen atoms in total. The Bertz CT molecular complexity index is 1090. The number of amides is 2. The van der Waals surface area contributed by atoms with Crippen LogP contribution in [0.4, 0.5) is 16.4 Å². The van der Waals surface area contributed by atoms with Crippen molar-refractivity contribution in [3.8, 4) is 0 Å². The average Bonchev–Trinajstić information content (AvgIpc) is 3.43. The Morgan fingerprint density at radius 3 is 2.55 bits per heavy atom. The molecule has 1 aliphatic rings. The van der Waals surface area contributed by atoms with Crippen molar-refractivity contribution < 1.29 is 18.8 Å². The van der Waals surface area contributed by atoms with Crippen LogP contribution in [0.25, 0.3) is 0 Å². The van der Waals surface area contributed by atoms with E-state index in [9.17, 15) is 9.59 Å². The second-order valence-corrected chi connectivity index (χ2v) is 8.87. The second kappa shape index (κ2) is 9.35. The number of benzene rings is 1. The van der Waals surface area contributed by atoms with Gasteiger partial charge in [-0.25, -0.2) is 4.79 Å². The van der Waals surface area contributed by atoms with Gasteiger partial charge in [-0.2, -0.15) is 5.10 Å². The number of nitrogens with zero attached hydrogens (tertiary/aromatic N) is 5. The number of carbonyl (C=O) groups excluding carboxylic acids is 2. The Morgan fingerprint density at radius 1 is 1.12 bits per heavy atom. The fraction of sp³-hybridized carbons (Fsp3) is 0.391. The zero-order valence-electron chi connectivity index (χ0n) is 19.0. The normalized spacial score (nSPS) is 14.3. The Hall–Kier alpha value is -3.82. The van der Waals surface area contributed by atoms with Crippen molar-refractivity contribution in [2.24, 2.45) is 0 Å². The minimum absolute atomic E-state index is 0.176. The molecule has 33 heavy (non-hydrogen) atoms. The van der Waals surface area contributed by atoms with Crippen molar-refractivity contribution in [1.82, 2.24) is 19.8 Å². The van der Waals surface area contributed by atoms with E-state index in [1.165, 1.54) is 0 Å². The van der Waals surface area contributed by atoms with Gasteiger partial charge in [-0.1, -0.05) is 35.5 Å². The molecule has 2 amide bonds. The fourth-order valence-electron chi connectivity index (χ4n) is 3.44. The van der Waals surface area contributed by atoms with Crippen molar-refractivity contribution in [3.05, 3.63) is 60.0 Å². The first-order valence-corrected chi connectivity index (χ1v) is 10.8. The van der Waals surface area contributed by atoms with Gasteiger partial charge in [0.2, 0.25) is 5.88 Å². The number of ether oxygens (including phenoxy) is 1. The van der Waals surface area contributed by atoms with Crippen LogP contribution in [0.15, 0.2) is 53.3 Å². The summed E-state index contributed by atoms with van der Waals surface area (Å²) in [5.74, 6) is 0.111. The van der Waals surface area contributed by atoms with E-state index in [0.29, 0.717) is 44.3 Å². The standard InChI is InChI=1S/C23H28N6O4/c1-23(2,3)32-22(31)28-11-9-27(10-12-28)20-13-19(26-33-20)21(30)25-18-14-24-29(16-18)15-17-7-5-4-6-8-17/h4-8,13-14,16H,9-12,15H2,1-3H3,(H,25,30). The Kier molecular flexibility index (Phi) is 6.34. The van der Waals surface area contributed by atoms with E-state index in [-0.39, 0.29) is 17.7 Å². The molecule has 0 atom stereocenters. The smallest absolute Gasteiger partial charge is 0.410 e. The number of carbonyl (C=O) groups is 2. The summed E-state index contributed by atoms with van der Waals surface area (Å²) in [6, 6.07) is 11.6. The lowest BCUT2D eigenvalue weighted by atomic mass is 10.2. The molecule has 0 radical (unpaired) electrons. The zero-order chi connectivity index (χ0) is 23.4. The Labute approximate surface area is 192 Å². The molecule has 1 N–H and O–H groups in total. The highest BCUT2D eigenvalue weighted by Gasteiger charge is 2.27. The molecule has 1 aliphatic heterocycles. The van der Waals surface area contributed by atoms with Gasteiger partial charge in [-0.05, 0) is 26.3 Å². The number of rotatable bonds is 5. The third-order valence-electron chi connectivity index (χ3n) is 5.05. The van der Waals surface area contributed by atoms with Gasteiger partial charge in [0.15, 0.2) is 5.69 Å². The van der Waals surface area contributed by atoms with Gasteiger partial charge in [0.1, 0.15) is 5.60 Å². The lowest BCUT2D eigenvalue weighted by molar-refractivity contribution is 0.0239. The van der Waals surface area contributed by atoms with Gasteiger partial charge in [-0.3, -0.25) is 9.48 Å². The highest BCUT2D eigenvalue weighted by Crippen LogP contribution is 2.20. The molecule has 0 spiro atoms. The fourth-order valence-corrected chi connectivity index (χ4v) is 3.44. The number of nitrogens with one attached hydrogen (secondary N) is 1. The maximum Gasteiger partial charge on any atom is 0.410 e. The lowest BCUT2D eigenvalue weighted by Gasteiger charge is -2.35. The molecule has 174 valence electrons. The minimum Gasteiger partial charge on any atom is -0.444 e. The lowest BCUT2D eigenvalue weighted by Crippen LogP contribution is -2.50. The third kappa shape index (κ3) is 5.91. The van der Waals surface area contributed by atoms with Crippen LogP contribution in [0, 0.1) is 0 Å². The van der Waals surface area contributed by atoms with Crippen LogP contribution < -0.4 is 10.2 Å². The quantitative estimate of drug-likeness (QED) is 0.633. The number of aromatic nitrogens is 3. The summed E-state index contributed by atoms with van der Waals surface area (Å²) >= 11 is 0. The van der Waals surface area contributed by atoms with Gasteiger partial charge < -0.3 is 24.4 Å². The van der Waals surface area contributed by atoms with Gasteiger partial charge in [0.25, 0.3) is 5.91 Å². The summed E-state index contributed by atoms with van der Waals surface area (Å²) in [5, 5.41) is 11.0. The van der Waals surface area contributed by atoms with E-state index < -0.39 is 5.60 Å². The molecule has 4 rings (SSSR count). The van der Waals surface area contributed by atoms with Crippen molar-refractivity contribution in [2.45, 2.75) is 32.9 Å². The molecule has 1 aromatic carbocycles. The first-order chi connectivity index (χ1) is 15.8. The minimum atomic E-state index is -0.528. The largest absolute Gasteiger partial charge is 0.444 e. The molecule has 0 saturated carbocycles. The Morgan fingerprint density at radius 2 is 1.85 bits per heavy atom. The molecule has 3 heterocycles. The summed E-state index contributed by atoms with van der Waals surface area (Å²) in [7, 11) is 0. The molecule has 0 bridgehead atoms. The van der Waals surface area contributed by atoms with E-state index in [1.54, 1.807) is 28.0 Å². The van der Waals surface area contributed by atoms with Crippen LogP contribution in [0.2, 0.25) is 0 Å². The third-order valence-corrected chi connectivity index (χ3v) is 5.05. The molecule has 10 heteroatoms. The van der Waals surface area contributed by atoms with E-state index in [1.807, 2.05) is 56.0 Å². The van der Waals surface area contributed by atoms with Crippen LogP contribution >= 0.6 is 0 Å². The van der Waals surface area contributed by atoms with Gasteiger partial charge >= 0.3 is 6.09 Å². The average molecular weight is 453 g/mol. The van der Waals surface area contributed by atoms with Crippen LogP contribution in [0.5, 0.6) is 0 Å². The van der Waals surface area contributed by atoms with Crippen LogP contribution in [-0.2, 0) is 11.3 Å². The number of hydrogen-bond acceptors (Lipinski definition) is 7. The summed E-state index contributed by atoms with van der Waals surface area (Å²) in [6.07, 6.45) is 3.03. The SMILES string of the molecule is CC(C)(C)OC(=O)N1CCN(c2cc(C(=O)Nc3cnn(Cc4ccccc4)c3)no2)CC1.